The minimum atomic E-state index is -0.360. The zero-order valence-electron chi connectivity index (χ0n) is 26.7. The molecule has 0 amide bonds. The molecule has 0 spiro atoms. The molecular weight excluding hydrogens is 572 g/mol. The highest BCUT2D eigenvalue weighted by atomic mass is 35.5. The smallest absolute Gasteiger partial charge is 0.302 e. The third-order valence-electron chi connectivity index (χ3n) is 8.35. The Morgan fingerprint density at radius 3 is 2.32 bits per heavy atom. The number of nitrogens with zero attached hydrogens (tertiary/aromatic N) is 2. The Balaban J connectivity index is 1.61. The Hall–Kier alpha value is -3.90. The SMILES string of the molecule is CC(=O)OCCN=C(/C=C/C1=C(Cl)C(=C/C=C2/N(CCOC(C)=O)c3ccccc3C2(C)C)/CC1)C(C)(C)c1ccccc1. The van der Waals surface area contributed by atoms with Crippen LogP contribution in [0.1, 0.15) is 65.5 Å². The molecule has 1 aliphatic heterocycles. The summed E-state index contributed by atoms with van der Waals surface area (Å²) in [4.78, 5) is 29.8. The van der Waals surface area contributed by atoms with Gasteiger partial charge in [0, 0.05) is 46.8 Å². The van der Waals surface area contributed by atoms with Gasteiger partial charge >= 0.3 is 11.9 Å². The monoisotopic (exact) mass is 614 g/mol. The summed E-state index contributed by atoms with van der Waals surface area (Å²) < 4.78 is 10.4. The molecule has 0 atom stereocenters. The fraction of sp³-hybridized carbons (Fsp3) is 0.378. The van der Waals surface area contributed by atoms with Gasteiger partial charge in [0.15, 0.2) is 0 Å². The average Bonchev–Trinajstić information content (AvgIpc) is 3.44. The molecule has 0 fully saturated rings. The van der Waals surface area contributed by atoms with Crippen molar-refractivity contribution in [1.29, 1.82) is 0 Å². The van der Waals surface area contributed by atoms with Crippen LogP contribution in [0.2, 0.25) is 0 Å². The van der Waals surface area contributed by atoms with Gasteiger partial charge in [0.25, 0.3) is 0 Å². The number of para-hydroxylation sites is 1. The van der Waals surface area contributed by atoms with E-state index in [1.165, 1.54) is 19.4 Å². The number of allylic oxidation sites excluding steroid dienone is 8. The van der Waals surface area contributed by atoms with Gasteiger partial charge in [-0.25, -0.2) is 0 Å². The van der Waals surface area contributed by atoms with Crippen molar-refractivity contribution in [2.24, 2.45) is 4.99 Å². The highest BCUT2D eigenvalue weighted by Gasteiger charge is 2.39. The van der Waals surface area contributed by atoms with Gasteiger partial charge in [-0.05, 0) is 53.3 Å². The lowest BCUT2D eigenvalue weighted by Crippen LogP contribution is -2.29. The lowest BCUT2D eigenvalue weighted by molar-refractivity contribution is -0.141. The zero-order valence-corrected chi connectivity index (χ0v) is 27.4. The normalized spacial score (nSPS) is 18.4. The summed E-state index contributed by atoms with van der Waals surface area (Å²) in [5, 5.41) is 0.759. The highest BCUT2D eigenvalue weighted by molar-refractivity contribution is 6.33. The number of ether oxygens (including phenoxy) is 2. The number of carbonyl (C=O) groups is 2. The maximum Gasteiger partial charge on any atom is 0.302 e. The quantitative estimate of drug-likeness (QED) is 0.146. The van der Waals surface area contributed by atoms with Crippen molar-refractivity contribution >= 4 is 34.9 Å². The molecule has 2 aromatic rings. The van der Waals surface area contributed by atoms with Crippen LogP contribution in [0.25, 0.3) is 0 Å². The van der Waals surface area contributed by atoms with Crippen LogP contribution in [-0.2, 0) is 29.9 Å². The summed E-state index contributed by atoms with van der Waals surface area (Å²) >= 11 is 6.98. The summed E-state index contributed by atoms with van der Waals surface area (Å²) in [6, 6.07) is 18.6. The van der Waals surface area contributed by atoms with Crippen molar-refractivity contribution in [3.8, 4) is 0 Å². The molecule has 0 N–H and O–H groups in total. The first-order valence-corrected chi connectivity index (χ1v) is 15.5. The van der Waals surface area contributed by atoms with Crippen LogP contribution < -0.4 is 4.90 Å². The van der Waals surface area contributed by atoms with E-state index in [2.05, 4.69) is 81.2 Å². The molecule has 4 rings (SSSR count). The standard InChI is InChI=1S/C37H43ClN2O4/c1-26(41)43-24-22-39-33(36(3,4)30-12-8-7-9-13-30)20-18-28-16-17-29(35(28)38)19-21-34-37(5,6)31-14-10-11-15-32(31)40(34)23-25-44-27(2)42/h7-15,18-21H,16-17,22-25H2,1-6H3/b20-18+,29-19+,34-21+,39-33?. The molecule has 0 bridgehead atoms. The molecule has 0 saturated heterocycles. The molecule has 2 aromatic carbocycles. The fourth-order valence-electron chi connectivity index (χ4n) is 5.85. The molecule has 0 aromatic heterocycles. The van der Waals surface area contributed by atoms with E-state index in [0.29, 0.717) is 19.7 Å². The van der Waals surface area contributed by atoms with E-state index in [-0.39, 0.29) is 29.4 Å². The van der Waals surface area contributed by atoms with Crippen LogP contribution in [0.3, 0.4) is 0 Å². The number of carbonyl (C=O) groups excluding carboxylic acids is 2. The molecule has 1 aliphatic carbocycles. The summed E-state index contributed by atoms with van der Waals surface area (Å²) in [6.45, 7) is 13.1. The third kappa shape index (κ3) is 7.59. The van der Waals surface area contributed by atoms with E-state index in [1.807, 2.05) is 30.3 Å². The van der Waals surface area contributed by atoms with Crippen molar-refractivity contribution in [3.63, 3.8) is 0 Å². The second-order valence-corrected chi connectivity index (χ2v) is 12.5. The van der Waals surface area contributed by atoms with Crippen LogP contribution in [0.5, 0.6) is 0 Å². The minimum absolute atomic E-state index is 0.220. The fourth-order valence-corrected chi connectivity index (χ4v) is 6.16. The molecule has 7 heteroatoms. The van der Waals surface area contributed by atoms with E-state index in [9.17, 15) is 9.59 Å². The first-order chi connectivity index (χ1) is 20.9. The third-order valence-corrected chi connectivity index (χ3v) is 8.83. The molecule has 0 unspecified atom stereocenters. The predicted octanol–water partition coefficient (Wildman–Crippen LogP) is 7.98. The van der Waals surface area contributed by atoms with Crippen LogP contribution in [0, 0.1) is 0 Å². The Morgan fingerprint density at radius 2 is 1.61 bits per heavy atom. The van der Waals surface area contributed by atoms with E-state index in [0.717, 1.165) is 51.7 Å². The maximum atomic E-state index is 11.4. The number of fused-ring (bicyclic) bond motifs is 1. The first-order valence-electron chi connectivity index (χ1n) is 15.2. The molecule has 6 nitrogen and oxygen atoms in total. The van der Waals surface area contributed by atoms with Crippen molar-refractivity contribution in [2.45, 2.75) is 65.2 Å². The first kappa shape index (κ1) is 33.0. The van der Waals surface area contributed by atoms with Gasteiger partial charge in [-0.2, -0.15) is 0 Å². The molecular formula is C37H43ClN2O4. The molecule has 232 valence electrons. The second-order valence-electron chi connectivity index (χ2n) is 12.1. The lowest BCUT2D eigenvalue weighted by Gasteiger charge is -2.27. The van der Waals surface area contributed by atoms with Crippen LogP contribution in [-0.4, -0.2) is 44.0 Å². The molecule has 0 radical (unpaired) electrons. The largest absolute Gasteiger partial charge is 0.464 e. The van der Waals surface area contributed by atoms with Gasteiger partial charge in [0.2, 0.25) is 0 Å². The summed E-state index contributed by atoms with van der Waals surface area (Å²) in [6.07, 6.45) is 10.1. The maximum absolute atomic E-state index is 11.4. The van der Waals surface area contributed by atoms with Gasteiger partial charge in [-0.1, -0.05) is 100.0 Å². The van der Waals surface area contributed by atoms with Crippen LogP contribution in [0.4, 0.5) is 5.69 Å². The number of aliphatic imine (C=N–C) groups is 1. The summed E-state index contributed by atoms with van der Waals surface area (Å²) in [5.74, 6) is -0.591. The minimum Gasteiger partial charge on any atom is -0.464 e. The van der Waals surface area contributed by atoms with Gasteiger partial charge in [-0.3, -0.25) is 14.6 Å². The van der Waals surface area contributed by atoms with Crippen LogP contribution in [0.15, 0.2) is 106 Å². The molecule has 1 heterocycles. The van der Waals surface area contributed by atoms with Gasteiger partial charge in [0.1, 0.15) is 13.2 Å². The highest BCUT2D eigenvalue weighted by Crippen LogP contribution is 2.47. The van der Waals surface area contributed by atoms with E-state index >= 15 is 0 Å². The van der Waals surface area contributed by atoms with Gasteiger partial charge in [0.05, 0.1) is 13.1 Å². The van der Waals surface area contributed by atoms with Crippen molar-refractivity contribution in [1.82, 2.24) is 0 Å². The number of hydrogen-bond acceptors (Lipinski definition) is 6. The van der Waals surface area contributed by atoms with Crippen molar-refractivity contribution in [3.05, 3.63) is 112 Å². The number of hydrogen-bond donors (Lipinski definition) is 0. The average molecular weight is 615 g/mol. The molecule has 0 saturated carbocycles. The zero-order chi connectivity index (χ0) is 31.9. The summed E-state index contributed by atoms with van der Waals surface area (Å²) in [5.41, 5.74) is 7.12. The van der Waals surface area contributed by atoms with Gasteiger partial charge in [-0.15, -0.1) is 0 Å². The Bertz CT molecular complexity index is 1530. The predicted molar refractivity (Wildman–Crippen MR) is 179 cm³/mol. The lowest BCUT2D eigenvalue weighted by atomic mass is 9.79. The number of benzene rings is 2. The van der Waals surface area contributed by atoms with E-state index in [1.54, 1.807) is 0 Å². The van der Waals surface area contributed by atoms with E-state index < -0.39 is 0 Å². The Morgan fingerprint density at radius 1 is 0.955 bits per heavy atom. The summed E-state index contributed by atoms with van der Waals surface area (Å²) in [7, 11) is 0. The number of anilines is 1. The van der Waals surface area contributed by atoms with Crippen molar-refractivity contribution < 1.29 is 19.1 Å². The van der Waals surface area contributed by atoms with Crippen molar-refractivity contribution in [2.75, 3.05) is 31.2 Å². The number of halogens is 1. The van der Waals surface area contributed by atoms with Crippen LogP contribution >= 0.6 is 11.6 Å². The van der Waals surface area contributed by atoms with Gasteiger partial charge < -0.3 is 14.4 Å². The van der Waals surface area contributed by atoms with E-state index in [4.69, 9.17) is 26.1 Å². The molecule has 44 heavy (non-hydrogen) atoms. The topological polar surface area (TPSA) is 68.2 Å². The number of rotatable bonds is 11. The Labute approximate surface area is 266 Å². The Kier molecular flexibility index (Phi) is 10.7. The number of esters is 2. The second kappa shape index (κ2) is 14.3. The molecule has 2 aliphatic rings.